The first kappa shape index (κ1) is 14.8. The number of hydrogen-bond donors (Lipinski definition) is 2. The van der Waals surface area contributed by atoms with Crippen LogP contribution in [0, 0.1) is 28.4 Å². The highest BCUT2D eigenvalue weighted by Gasteiger charge is 2.39. The van der Waals surface area contributed by atoms with Gasteiger partial charge in [0.15, 0.2) is 11.5 Å². The number of rotatable bonds is 2. The maximum atomic E-state index is 11.6. The minimum Gasteiger partial charge on any atom is -0.454 e. The Balaban J connectivity index is 2.02. The van der Waals surface area contributed by atoms with Gasteiger partial charge in [-0.2, -0.15) is 5.26 Å². The zero-order chi connectivity index (χ0) is 17.7. The lowest BCUT2D eigenvalue weighted by molar-refractivity contribution is -0.385. The summed E-state index contributed by atoms with van der Waals surface area (Å²) >= 11 is 0. The molecule has 0 spiro atoms. The van der Waals surface area contributed by atoms with Gasteiger partial charge < -0.3 is 19.9 Å². The van der Waals surface area contributed by atoms with Gasteiger partial charge in [-0.15, -0.1) is 5.10 Å². The number of aryl methyl sites for hydroxylation is 1. The molecule has 126 valence electrons. The first-order valence-electron chi connectivity index (χ1n) is 7.21. The molecular weight excluding hydrogens is 330 g/mol. The van der Waals surface area contributed by atoms with Gasteiger partial charge in [-0.3, -0.25) is 15.2 Å². The van der Waals surface area contributed by atoms with Crippen molar-refractivity contribution >= 4 is 5.69 Å². The molecule has 0 saturated carbocycles. The lowest BCUT2D eigenvalue weighted by Crippen LogP contribution is -2.21. The molecule has 0 aliphatic carbocycles. The van der Waals surface area contributed by atoms with Crippen LogP contribution in [0.1, 0.15) is 22.7 Å². The first-order valence-corrected chi connectivity index (χ1v) is 7.21. The third kappa shape index (κ3) is 2.06. The van der Waals surface area contributed by atoms with Crippen molar-refractivity contribution in [3.63, 3.8) is 0 Å². The summed E-state index contributed by atoms with van der Waals surface area (Å²) in [7, 11) is 0. The van der Waals surface area contributed by atoms with Gasteiger partial charge in [-0.25, -0.2) is 0 Å². The number of benzene rings is 1. The average molecular weight is 341 g/mol. The zero-order valence-corrected chi connectivity index (χ0v) is 12.9. The largest absolute Gasteiger partial charge is 0.454 e. The summed E-state index contributed by atoms with van der Waals surface area (Å²) in [6.07, 6.45) is 0. The number of aromatic nitrogens is 2. The molecule has 0 bridgehead atoms. The number of aromatic amines is 1. The van der Waals surface area contributed by atoms with Crippen molar-refractivity contribution in [2.75, 3.05) is 6.79 Å². The maximum absolute atomic E-state index is 11.6. The third-order valence-electron chi connectivity index (χ3n) is 4.16. The number of nitriles is 1. The predicted octanol–water partition coefficient (Wildman–Crippen LogP) is 1.57. The number of hydrogen-bond acceptors (Lipinski definition) is 8. The fraction of sp³-hybridized carbons (Fsp3) is 0.200. The molecule has 25 heavy (non-hydrogen) atoms. The summed E-state index contributed by atoms with van der Waals surface area (Å²) < 4.78 is 15.9. The molecule has 4 rings (SSSR count). The molecule has 0 saturated heterocycles. The van der Waals surface area contributed by atoms with E-state index in [1.54, 1.807) is 6.92 Å². The number of nitrogens with two attached hydrogens (primary N) is 1. The summed E-state index contributed by atoms with van der Waals surface area (Å²) in [5.74, 6) is -0.111. The van der Waals surface area contributed by atoms with E-state index in [2.05, 4.69) is 10.2 Å². The highest BCUT2D eigenvalue weighted by atomic mass is 16.7. The van der Waals surface area contributed by atoms with Crippen LogP contribution in [0.5, 0.6) is 17.4 Å². The Morgan fingerprint density at radius 2 is 2.16 bits per heavy atom. The van der Waals surface area contributed by atoms with Crippen LogP contribution in [-0.2, 0) is 0 Å². The normalized spacial score (nSPS) is 17.7. The van der Waals surface area contributed by atoms with E-state index in [4.69, 9.17) is 19.9 Å². The Morgan fingerprint density at radius 1 is 1.44 bits per heavy atom. The monoisotopic (exact) mass is 341 g/mol. The van der Waals surface area contributed by atoms with E-state index in [1.807, 2.05) is 6.07 Å². The molecule has 3 N–H and O–H groups in total. The van der Waals surface area contributed by atoms with Crippen LogP contribution >= 0.6 is 0 Å². The minimum atomic E-state index is -0.803. The molecule has 0 unspecified atom stereocenters. The summed E-state index contributed by atoms with van der Waals surface area (Å²) in [6, 6.07) is 4.77. The van der Waals surface area contributed by atoms with Crippen LogP contribution in [0.2, 0.25) is 0 Å². The molecule has 3 heterocycles. The summed E-state index contributed by atoms with van der Waals surface area (Å²) in [4.78, 5) is 11.1. The maximum Gasteiger partial charge on any atom is 0.277 e. The second-order valence-electron chi connectivity index (χ2n) is 5.51. The molecule has 2 aliphatic rings. The zero-order valence-electron chi connectivity index (χ0n) is 12.9. The number of nitrogens with one attached hydrogen (secondary N) is 1. The smallest absolute Gasteiger partial charge is 0.277 e. The Kier molecular flexibility index (Phi) is 3.04. The van der Waals surface area contributed by atoms with E-state index < -0.39 is 10.8 Å². The number of allylic oxidation sites excluding steroid dienone is 1. The number of nitrogens with zero attached hydrogens (tertiary/aromatic N) is 3. The molecular formula is C15H11N5O5. The van der Waals surface area contributed by atoms with E-state index in [9.17, 15) is 15.4 Å². The van der Waals surface area contributed by atoms with Gasteiger partial charge in [0.2, 0.25) is 18.6 Å². The molecule has 1 atom stereocenters. The van der Waals surface area contributed by atoms with E-state index in [0.717, 1.165) is 0 Å². The third-order valence-corrected chi connectivity index (χ3v) is 4.16. The van der Waals surface area contributed by atoms with Gasteiger partial charge in [0.25, 0.3) is 5.69 Å². The Labute approximate surface area is 140 Å². The highest BCUT2D eigenvalue weighted by molar-refractivity contribution is 5.64. The standard InChI is InChI=1S/C15H11N5O5/c1-6-12-13(8(4-16)14(17)25-15(12)19-18-6)7-2-10-11(24-5-23-10)3-9(7)20(21)22/h2-3,13H,5,17H2,1H3,(H,18,19)/t13-/m0/s1. The fourth-order valence-electron chi connectivity index (χ4n) is 3.05. The number of nitro groups is 1. The lowest BCUT2D eigenvalue weighted by atomic mass is 9.83. The van der Waals surface area contributed by atoms with Crippen molar-refractivity contribution in [3.05, 3.63) is 50.5 Å². The number of fused-ring (bicyclic) bond motifs is 2. The number of H-pyrrole nitrogens is 1. The first-order chi connectivity index (χ1) is 12.0. The average Bonchev–Trinajstić information content (AvgIpc) is 3.18. The minimum absolute atomic E-state index is 0.0250. The van der Waals surface area contributed by atoms with Crippen LogP contribution in [0.25, 0.3) is 0 Å². The second-order valence-corrected chi connectivity index (χ2v) is 5.51. The topological polar surface area (TPSA) is 149 Å². The van der Waals surface area contributed by atoms with Crippen LogP contribution < -0.4 is 19.9 Å². The van der Waals surface area contributed by atoms with Crippen LogP contribution in [0.3, 0.4) is 0 Å². The molecule has 2 aromatic rings. The fourth-order valence-corrected chi connectivity index (χ4v) is 3.05. The summed E-state index contributed by atoms with van der Waals surface area (Å²) in [6.45, 7) is 1.71. The van der Waals surface area contributed by atoms with Crippen molar-refractivity contribution in [2.45, 2.75) is 12.8 Å². The van der Waals surface area contributed by atoms with Crippen molar-refractivity contribution in [1.29, 1.82) is 5.26 Å². The number of ether oxygens (including phenoxy) is 3. The highest BCUT2D eigenvalue weighted by Crippen LogP contribution is 2.48. The van der Waals surface area contributed by atoms with Crippen molar-refractivity contribution in [3.8, 4) is 23.4 Å². The predicted molar refractivity (Wildman–Crippen MR) is 81.8 cm³/mol. The molecule has 1 aromatic heterocycles. The summed E-state index contributed by atoms with van der Waals surface area (Å²) in [5, 5.41) is 27.9. The van der Waals surface area contributed by atoms with E-state index in [-0.39, 0.29) is 41.1 Å². The van der Waals surface area contributed by atoms with Crippen molar-refractivity contribution in [1.82, 2.24) is 10.2 Å². The van der Waals surface area contributed by atoms with E-state index in [0.29, 0.717) is 17.0 Å². The molecule has 0 fully saturated rings. The Hall–Kier alpha value is -3.74. The van der Waals surface area contributed by atoms with Gasteiger partial charge in [0.1, 0.15) is 11.6 Å². The molecule has 0 radical (unpaired) electrons. The van der Waals surface area contributed by atoms with Crippen LogP contribution in [0.4, 0.5) is 5.69 Å². The molecule has 1 aromatic carbocycles. The van der Waals surface area contributed by atoms with Crippen LogP contribution in [-0.4, -0.2) is 21.9 Å². The van der Waals surface area contributed by atoms with Gasteiger partial charge in [-0.1, -0.05) is 0 Å². The second kappa shape index (κ2) is 5.13. The Bertz CT molecular complexity index is 987. The van der Waals surface area contributed by atoms with Gasteiger partial charge in [-0.05, 0) is 13.0 Å². The number of nitro benzene ring substituents is 1. The molecule has 10 heteroatoms. The quantitative estimate of drug-likeness (QED) is 0.617. The van der Waals surface area contributed by atoms with Crippen LogP contribution in [0.15, 0.2) is 23.6 Å². The summed E-state index contributed by atoms with van der Waals surface area (Å²) in [5.41, 5.74) is 7.09. The van der Waals surface area contributed by atoms with Crippen molar-refractivity contribution in [2.24, 2.45) is 5.73 Å². The van der Waals surface area contributed by atoms with Crippen molar-refractivity contribution < 1.29 is 19.1 Å². The van der Waals surface area contributed by atoms with Gasteiger partial charge in [0.05, 0.1) is 16.9 Å². The molecule has 0 amide bonds. The van der Waals surface area contributed by atoms with E-state index in [1.165, 1.54) is 12.1 Å². The SMILES string of the molecule is Cc1[nH]nc2c1[C@@H](c1cc3c(cc1[N+](=O)[O-])OCO3)C(C#N)=C(N)O2. The Morgan fingerprint density at radius 3 is 2.84 bits per heavy atom. The molecule has 10 nitrogen and oxygen atoms in total. The molecule has 2 aliphatic heterocycles. The van der Waals surface area contributed by atoms with E-state index >= 15 is 0 Å². The van der Waals surface area contributed by atoms with Gasteiger partial charge >= 0.3 is 0 Å². The lowest BCUT2D eigenvalue weighted by Gasteiger charge is -2.23. The van der Waals surface area contributed by atoms with Gasteiger partial charge in [0, 0.05) is 16.8 Å².